The second-order valence-corrected chi connectivity index (χ2v) is 20.9. The van der Waals surface area contributed by atoms with Gasteiger partial charge >= 0.3 is 5.97 Å². The number of hydrazine groups is 1. The number of fused-ring (bicyclic) bond motifs is 6. The number of ether oxygens (including phenoxy) is 2. The maximum Gasteiger partial charge on any atom is 0.324 e. The zero-order valence-corrected chi connectivity index (χ0v) is 49.2. The summed E-state index contributed by atoms with van der Waals surface area (Å²) in [4.78, 5) is 79.7. The van der Waals surface area contributed by atoms with Crippen LogP contribution in [0.5, 0.6) is 0 Å². The number of likely N-dealkylation sites (N-methyl/N-ethyl adjacent to an activating group) is 2. The van der Waals surface area contributed by atoms with E-state index in [-0.39, 0.29) is 111 Å². The van der Waals surface area contributed by atoms with Crippen LogP contribution in [0.3, 0.4) is 0 Å². The van der Waals surface area contributed by atoms with Gasteiger partial charge in [0.1, 0.15) is 18.1 Å². The number of likely N-dealkylation sites (tertiary alicyclic amines) is 1. The van der Waals surface area contributed by atoms with Crippen LogP contribution in [-0.4, -0.2) is 144 Å². The molecule has 75 heavy (non-hydrogen) atoms. The summed E-state index contributed by atoms with van der Waals surface area (Å²) >= 11 is 0. The van der Waals surface area contributed by atoms with Crippen molar-refractivity contribution in [1.29, 1.82) is 0 Å². The van der Waals surface area contributed by atoms with Crippen molar-refractivity contribution in [3.8, 4) is 22.4 Å². The predicted octanol–water partition coefficient (Wildman–Crippen LogP) is 7.13. The van der Waals surface area contributed by atoms with Gasteiger partial charge in [0.25, 0.3) is 11.8 Å². The predicted molar refractivity (Wildman–Crippen MR) is 314 cm³/mol. The summed E-state index contributed by atoms with van der Waals surface area (Å²) in [5.41, 5.74) is 7.90. The number of methoxy groups -OCH3 is 1. The normalized spacial score (nSPS) is 19.4. The Hall–Kier alpha value is -4.57. The monoisotopic (exact) mass is 1110 g/mol. The van der Waals surface area contributed by atoms with E-state index < -0.39 is 58.8 Å². The lowest BCUT2D eigenvalue weighted by Crippen LogP contribution is -2.63. The maximum atomic E-state index is 16.7. The number of piperidine rings is 1. The third-order valence-corrected chi connectivity index (χ3v) is 14.2. The highest BCUT2D eigenvalue weighted by atomic mass is 32.1. The number of alkyl halides is 1. The van der Waals surface area contributed by atoms with Crippen LogP contribution in [0.1, 0.15) is 90.2 Å². The number of pyridine rings is 1. The zero-order chi connectivity index (χ0) is 51.4. The van der Waals surface area contributed by atoms with E-state index >= 15 is 4.39 Å². The molecule has 0 unspecified atom stereocenters. The minimum atomic E-state index is -2.30. The first-order valence-electron chi connectivity index (χ1n) is 25.1. The summed E-state index contributed by atoms with van der Waals surface area (Å²) in [6, 6.07) is 15.3. The Morgan fingerprint density at radius 3 is 2.32 bits per heavy atom. The number of esters is 1. The van der Waals surface area contributed by atoms with Gasteiger partial charge in [0.15, 0.2) is 5.67 Å². The van der Waals surface area contributed by atoms with Crippen molar-refractivity contribution in [1.82, 2.24) is 40.0 Å². The van der Waals surface area contributed by atoms with E-state index in [4.69, 9.17) is 14.5 Å². The number of carbonyl (C=O) groups is 5. The molecule has 3 aliphatic heterocycles. The van der Waals surface area contributed by atoms with E-state index in [0.29, 0.717) is 32.4 Å². The highest BCUT2D eigenvalue weighted by Gasteiger charge is 2.47. The molecule has 414 valence electrons. The highest BCUT2D eigenvalue weighted by Crippen LogP contribution is 2.42. The number of nitrogens with one attached hydrogen (secondary N) is 2. The van der Waals surface area contributed by atoms with Crippen LogP contribution < -0.4 is 10.7 Å². The first kappa shape index (κ1) is 64.7. The van der Waals surface area contributed by atoms with Gasteiger partial charge in [0.2, 0.25) is 11.8 Å². The van der Waals surface area contributed by atoms with Crippen LogP contribution in [0.15, 0.2) is 72.9 Å². The molecule has 0 spiro atoms. The Balaban J connectivity index is 0.00000371. The molecule has 3 aliphatic rings. The number of carbonyl (C=O) groups excluding carboxylic acids is 5. The molecule has 15 nitrogen and oxygen atoms in total. The lowest BCUT2D eigenvalue weighted by molar-refractivity contribution is -0.156. The Kier molecular flexibility index (Phi) is 23.9. The van der Waals surface area contributed by atoms with Crippen molar-refractivity contribution in [2.24, 2.45) is 11.3 Å². The summed E-state index contributed by atoms with van der Waals surface area (Å²) in [5, 5.41) is 5.43. The van der Waals surface area contributed by atoms with Crippen molar-refractivity contribution in [2.45, 2.75) is 117 Å². The molecule has 0 aliphatic carbocycles. The van der Waals surface area contributed by atoms with E-state index in [9.17, 15) is 24.0 Å². The molecular formula is C55H81FN8O7S4. The van der Waals surface area contributed by atoms with Crippen molar-refractivity contribution >= 4 is 94.5 Å². The number of cyclic esters (lactones) is 1. The standard InChI is InChI=1S/C55H73FN8O7.4H2S/c1-11-63-45-22-21-39-32-41(45)42(49(63)40-18-13-25-57-47(40)36(4)70-10)33-54(5,6)34-71-52(68)43-19-14-27-64(59-43)51(67)44(31-37-16-12-17-38(39)30-37)58-50(66)48(35(2)3)61(9)53(69)55(56)23-28-62(29-24-55)46(65)20-15-26-60(7)8;;;;/h12-13,15-18,20-22,25,30,32,35-36,43-44,48,59H,11,14,19,23-24,26-29,31,33-34H2,1-10H3,(H,58,66);4*1H2/b20-15+;;;;/t36-,43-,44-,48-;;;;/m0..../s1. The average molecular weight is 1110 g/mol. The van der Waals surface area contributed by atoms with Gasteiger partial charge in [-0.25, -0.2) is 9.82 Å². The van der Waals surface area contributed by atoms with Crippen LogP contribution >= 0.6 is 54.0 Å². The van der Waals surface area contributed by atoms with Crippen molar-refractivity contribution in [3.63, 3.8) is 0 Å². The van der Waals surface area contributed by atoms with Crippen LogP contribution in [0.4, 0.5) is 4.39 Å². The Labute approximate surface area is 470 Å². The molecule has 0 saturated carbocycles. The Bertz CT molecular complexity index is 2660. The summed E-state index contributed by atoms with van der Waals surface area (Å²) in [6.07, 6.45) is 5.89. The second kappa shape index (κ2) is 27.7. The third-order valence-electron chi connectivity index (χ3n) is 14.2. The minimum Gasteiger partial charge on any atom is -0.464 e. The van der Waals surface area contributed by atoms with Crippen molar-refractivity contribution < 1.29 is 37.8 Å². The molecule has 4 amide bonds. The van der Waals surface area contributed by atoms with E-state index in [1.807, 2.05) is 56.3 Å². The minimum absolute atomic E-state index is 0. The summed E-state index contributed by atoms with van der Waals surface area (Å²) in [5.74, 6) is -3.13. The van der Waals surface area contributed by atoms with Gasteiger partial charge in [-0.05, 0) is 99.6 Å². The Morgan fingerprint density at radius 2 is 1.67 bits per heavy atom. The summed E-state index contributed by atoms with van der Waals surface area (Å²) in [7, 11) is 6.88. The average Bonchev–Trinajstić information content (AvgIpc) is 3.65. The fraction of sp³-hybridized carbons (Fsp3) is 0.527. The molecule has 2 aromatic carbocycles. The van der Waals surface area contributed by atoms with Gasteiger partial charge in [0, 0.05) is 100 Å². The molecule has 0 radical (unpaired) electrons. The second-order valence-electron chi connectivity index (χ2n) is 20.9. The van der Waals surface area contributed by atoms with Crippen LogP contribution in [0, 0.1) is 11.3 Å². The van der Waals surface area contributed by atoms with Crippen LogP contribution in [0.25, 0.3) is 33.3 Å². The summed E-state index contributed by atoms with van der Waals surface area (Å²) in [6.45, 7) is 13.6. The van der Waals surface area contributed by atoms with E-state index in [2.05, 4.69) is 60.3 Å². The van der Waals surface area contributed by atoms with Crippen molar-refractivity contribution in [3.05, 3.63) is 89.8 Å². The quantitative estimate of drug-likeness (QED) is 0.111. The number of hydrogen-bond donors (Lipinski definition) is 2. The van der Waals surface area contributed by atoms with Gasteiger partial charge in [0.05, 0.1) is 24.1 Å². The Morgan fingerprint density at radius 1 is 0.973 bits per heavy atom. The molecule has 2 fully saturated rings. The fourth-order valence-electron chi connectivity index (χ4n) is 10.4. The largest absolute Gasteiger partial charge is 0.464 e. The molecule has 2 N–H and O–H groups in total. The lowest BCUT2D eigenvalue weighted by Gasteiger charge is -2.40. The molecular weight excluding hydrogens is 1030 g/mol. The highest BCUT2D eigenvalue weighted by molar-refractivity contribution is 7.59. The number of aromatic nitrogens is 2. The van der Waals surface area contributed by atoms with Crippen LogP contribution in [0.2, 0.25) is 0 Å². The third kappa shape index (κ3) is 14.7. The number of hydrogen-bond acceptors (Lipinski definition) is 10. The number of aryl methyl sites for hydroxylation is 1. The fourth-order valence-corrected chi connectivity index (χ4v) is 10.4. The summed E-state index contributed by atoms with van der Waals surface area (Å²) < 4.78 is 30.9. The smallest absolute Gasteiger partial charge is 0.324 e. The van der Waals surface area contributed by atoms with E-state index in [0.717, 1.165) is 55.0 Å². The number of nitrogens with zero attached hydrogens (tertiary/aromatic N) is 6. The molecule has 4 atom stereocenters. The molecule has 2 saturated heterocycles. The van der Waals surface area contributed by atoms with Gasteiger partial charge in [-0.2, -0.15) is 54.0 Å². The van der Waals surface area contributed by atoms with Gasteiger partial charge in [-0.15, -0.1) is 0 Å². The number of halogens is 1. The van der Waals surface area contributed by atoms with Crippen LogP contribution in [-0.2, 0) is 52.8 Å². The van der Waals surface area contributed by atoms with Gasteiger partial charge < -0.3 is 34.1 Å². The SMILES string of the molecule is CCn1c(-c2cccnc2[C@H](C)OC)c2c3cc(ccc31)-c1cccc(c1)C[C@H](NC(=O)[C@H](C(C)C)N(C)C(=O)C1(F)CCN(C(=O)/C=C/CN(C)C)CC1)C(=O)N1CCC[C@H](N1)C(=O)OCC(C)(C)C2.S.S.S.S. The molecule has 20 heteroatoms. The number of amides is 4. The topological polar surface area (TPSA) is 159 Å². The van der Waals surface area contributed by atoms with E-state index in [1.165, 1.54) is 23.0 Å². The van der Waals surface area contributed by atoms with Gasteiger partial charge in [-0.3, -0.25) is 34.0 Å². The number of benzene rings is 2. The number of rotatable bonds is 12. The van der Waals surface area contributed by atoms with E-state index in [1.54, 1.807) is 33.2 Å². The molecule has 2 aromatic heterocycles. The first-order chi connectivity index (χ1) is 33.7. The molecule has 5 heterocycles. The first-order valence-corrected chi connectivity index (χ1v) is 25.1. The lowest BCUT2D eigenvalue weighted by atomic mass is 9.84. The zero-order valence-electron chi connectivity index (χ0n) is 45.2. The molecule has 7 rings (SSSR count). The molecule has 6 bridgehead atoms. The molecule has 4 aromatic rings. The maximum absolute atomic E-state index is 16.7. The van der Waals surface area contributed by atoms with Gasteiger partial charge in [-0.1, -0.05) is 64.1 Å². The van der Waals surface area contributed by atoms with Crippen molar-refractivity contribution in [2.75, 3.05) is 61.0 Å².